The van der Waals surface area contributed by atoms with Crippen LogP contribution in [0.25, 0.3) is 0 Å². The van der Waals surface area contributed by atoms with Crippen molar-refractivity contribution in [2.45, 2.75) is 19.8 Å². The molecule has 0 heterocycles. The van der Waals surface area contributed by atoms with Crippen molar-refractivity contribution in [1.82, 2.24) is 5.32 Å². The predicted molar refractivity (Wildman–Crippen MR) is 68.1 cm³/mol. The standard InChI is InChI=1S/C13H18N2O3/c1-10-4-2-5-11(8-10)18-7-3-6-13(17)15-9-12(14)16/h2,4-5,8H,3,6-7,9H2,1H3,(H2,14,16)(H,15,17). The van der Waals surface area contributed by atoms with Crippen LogP contribution in [0.3, 0.4) is 0 Å². The Morgan fingerprint density at radius 3 is 2.83 bits per heavy atom. The van der Waals surface area contributed by atoms with E-state index >= 15 is 0 Å². The van der Waals surface area contributed by atoms with Crippen molar-refractivity contribution in [2.75, 3.05) is 13.2 Å². The van der Waals surface area contributed by atoms with Gasteiger partial charge in [-0.25, -0.2) is 0 Å². The zero-order valence-electron chi connectivity index (χ0n) is 10.4. The molecule has 18 heavy (non-hydrogen) atoms. The first-order valence-corrected chi connectivity index (χ1v) is 5.82. The first-order valence-electron chi connectivity index (χ1n) is 5.82. The van der Waals surface area contributed by atoms with E-state index in [1.165, 1.54) is 0 Å². The molecule has 1 aromatic rings. The highest BCUT2D eigenvalue weighted by atomic mass is 16.5. The van der Waals surface area contributed by atoms with Gasteiger partial charge in [-0.05, 0) is 31.0 Å². The largest absolute Gasteiger partial charge is 0.494 e. The molecule has 1 aromatic carbocycles. The molecular weight excluding hydrogens is 232 g/mol. The SMILES string of the molecule is Cc1cccc(OCCCC(=O)NCC(N)=O)c1. The summed E-state index contributed by atoms with van der Waals surface area (Å²) in [7, 11) is 0. The lowest BCUT2D eigenvalue weighted by Gasteiger charge is -2.06. The summed E-state index contributed by atoms with van der Waals surface area (Å²) < 4.78 is 5.49. The molecule has 0 fully saturated rings. The Labute approximate surface area is 106 Å². The van der Waals surface area contributed by atoms with Crippen LogP contribution in [0, 0.1) is 6.92 Å². The number of nitrogens with two attached hydrogens (primary N) is 1. The normalized spacial score (nSPS) is 9.83. The number of benzene rings is 1. The molecule has 0 bridgehead atoms. The van der Waals surface area contributed by atoms with Crippen LogP contribution in [-0.2, 0) is 9.59 Å². The van der Waals surface area contributed by atoms with Gasteiger partial charge in [-0.15, -0.1) is 0 Å². The van der Waals surface area contributed by atoms with E-state index in [-0.39, 0.29) is 12.5 Å². The van der Waals surface area contributed by atoms with Gasteiger partial charge in [0.25, 0.3) is 0 Å². The number of aryl methyl sites for hydroxylation is 1. The fourth-order valence-corrected chi connectivity index (χ4v) is 1.40. The Morgan fingerprint density at radius 2 is 2.17 bits per heavy atom. The molecule has 0 unspecified atom stereocenters. The number of nitrogens with one attached hydrogen (secondary N) is 1. The maximum Gasteiger partial charge on any atom is 0.236 e. The second-order valence-corrected chi connectivity index (χ2v) is 4.01. The first kappa shape index (κ1) is 14.0. The average Bonchev–Trinajstić information content (AvgIpc) is 2.32. The summed E-state index contributed by atoms with van der Waals surface area (Å²) in [6.45, 7) is 2.34. The van der Waals surface area contributed by atoms with E-state index in [9.17, 15) is 9.59 Å². The van der Waals surface area contributed by atoms with Gasteiger partial charge in [0.2, 0.25) is 11.8 Å². The Morgan fingerprint density at radius 1 is 1.39 bits per heavy atom. The van der Waals surface area contributed by atoms with Crippen LogP contribution >= 0.6 is 0 Å². The quantitative estimate of drug-likeness (QED) is 0.701. The monoisotopic (exact) mass is 250 g/mol. The third kappa shape index (κ3) is 5.89. The Kier molecular flexibility index (Phi) is 5.70. The van der Waals surface area contributed by atoms with E-state index in [0.29, 0.717) is 19.4 Å². The molecule has 0 saturated carbocycles. The Balaban J connectivity index is 2.15. The number of primary amides is 1. The van der Waals surface area contributed by atoms with Gasteiger partial charge in [-0.2, -0.15) is 0 Å². The number of hydrogen-bond acceptors (Lipinski definition) is 3. The molecule has 0 aliphatic rings. The zero-order chi connectivity index (χ0) is 13.4. The molecule has 0 atom stereocenters. The van der Waals surface area contributed by atoms with Gasteiger partial charge < -0.3 is 15.8 Å². The van der Waals surface area contributed by atoms with Gasteiger partial charge in [-0.3, -0.25) is 9.59 Å². The van der Waals surface area contributed by atoms with Crippen molar-refractivity contribution < 1.29 is 14.3 Å². The van der Waals surface area contributed by atoms with Gasteiger partial charge in [0.1, 0.15) is 5.75 Å². The van der Waals surface area contributed by atoms with Gasteiger partial charge in [-0.1, -0.05) is 12.1 Å². The zero-order valence-corrected chi connectivity index (χ0v) is 10.4. The highest BCUT2D eigenvalue weighted by Crippen LogP contribution is 2.12. The van der Waals surface area contributed by atoms with E-state index in [1.54, 1.807) is 0 Å². The average molecular weight is 250 g/mol. The number of hydrogen-bond donors (Lipinski definition) is 2. The summed E-state index contributed by atoms with van der Waals surface area (Å²) in [4.78, 5) is 21.7. The molecule has 98 valence electrons. The minimum absolute atomic E-state index is 0.114. The molecule has 5 nitrogen and oxygen atoms in total. The number of ether oxygens (including phenoxy) is 1. The van der Waals surface area contributed by atoms with Crippen LogP contribution in [0.1, 0.15) is 18.4 Å². The van der Waals surface area contributed by atoms with Crippen LogP contribution in [0.15, 0.2) is 24.3 Å². The highest BCUT2D eigenvalue weighted by Gasteiger charge is 2.02. The van der Waals surface area contributed by atoms with Crippen molar-refractivity contribution in [1.29, 1.82) is 0 Å². The summed E-state index contributed by atoms with van der Waals surface area (Å²) >= 11 is 0. The predicted octanol–water partition coefficient (Wildman–Crippen LogP) is 0.756. The second kappa shape index (κ2) is 7.32. The molecule has 0 spiro atoms. The van der Waals surface area contributed by atoms with E-state index in [4.69, 9.17) is 10.5 Å². The lowest BCUT2D eigenvalue weighted by Crippen LogP contribution is -2.33. The van der Waals surface area contributed by atoms with Gasteiger partial charge in [0.05, 0.1) is 13.2 Å². The third-order valence-electron chi connectivity index (χ3n) is 2.27. The van der Waals surface area contributed by atoms with E-state index < -0.39 is 5.91 Å². The lowest BCUT2D eigenvalue weighted by atomic mass is 10.2. The van der Waals surface area contributed by atoms with Gasteiger partial charge in [0.15, 0.2) is 0 Å². The smallest absolute Gasteiger partial charge is 0.236 e. The molecule has 5 heteroatoms. The molecule has 0 aliphatic carbocycles. The molecule has 0 aliphatic heterocycles. The van der Waals surface area contributed by atoms with Crippen molar-refractivity contribution >= 4 is 11.8 Å². The van der Waals surface area contributed by atoms with E-state index in [1.807, 2.05) is 31.2 Å². The van der Waals surface area contributed by atoms with Crippen molar-refractivity contribution in [2.24, 2.45) is 5.73 Å². The fraction of sp³-hybridized carbons (Fsp3) is 0.385. The lowest BCUT2D eigenvalue weighted by molar-refractivity contribution is -0.124. The Bertz CT molecular complexity index is 418. The third-order valence-corrected chi connectivity index (χ3v) is 2.27. The molecular formula is C13H18N2O3. The molecule has 3 N–H and O–H groups in total. The first-order chi connectivity index (χ1) is 8.58. The summed E-state index contributed by atoms with van der Waals surface area (Å²) in [5, 5.41) is 2.42. The topological polar surface area (TPSA) is 81.4 Å². The van der Waals surface area contributed by atoms with Crippen LogP contribution < -0.4 is 15.8 Å². The summed E-state index contributed by atoms with van der Waals surface area (Å²) in [5.74, 6) is 0.0635. The highest BCUT2D eigenvalue weighted by molar-refractivity contribution is 5.83. The van der Waals surface area contributed by atoms with Gasteiger partial charge in [0, 0.05) is 6.42 Å². The van der Waals surface area contributed by atoms with Crippen LogP contribution in [-0.4, -0.2) is 25.0 Å². The molecule has 1 rings (SSSR count). The summed E-state index contributed by atoms with van der Waals surface area (Å²) in [6, 6.07) is 7.72. The molecule has 0 radical (unpaired) electrons. The van der Waals surface area contributed by atoms with Crippen molar-refractivity contribution in [3.8, 4) is 5.75 Å². The van der Waals surface area contributed by atoms with E-state index in [0.717, 1.165) is 11.3 Å². The molecule has 0 aromatic heterocycles. The number of carbonyl (C=O) groups is 2. The van der Waals surface area contributed by atoms with E-state index in [2.05, 4.69) is 5.32 Å². The number of carbonyl (C=O) groups excluding carboxylic acids is 2. The maximum absolute atomic E-state index is 11.2. The summed E-state index contributed by atoms with van der Waals surface area (Å²) in [6.07, 6.45) is 0.914. The fourth-order valence-electron chi connectivity index (χ4n) is 1.40. The van der Waals surface area contributed by atoms with Gasteiger partial charge >= 0.3 is 0 Å². The van der Waals surface area contributed by atoms with Crippen molar-refractivity contribution in [3.63, 3.8) is 0 Å². The second-order valence-electron chi connectivity index (χ2n) is 4.01. The molecule has 0 saturated heterocycles. The summed E-state index contributed by atoms with van der Waals surface area (Å²) in [5.41, 5.74) is 6.04. The number of rotatable bonds is 7. The minimum Gasteiger partial charge on any atom is -0.494 e. The van der Waals surface area contributed by atoms with Crippen LogP contribution in [0.5, 0.6) is 5.75 Å². The minimum atomic E-state index is -0.542. The Hall–Kier alpha value is -2.04. The van der Waals surface area contributed by atoms with Crippen LogP contribution in [0.4, 0.5) is 0 Å². The number of amides is 2. The van der Waals surface area contributed by atoms with Crippen molar-refractivity contribution in [3.05, 3.63) is 29.8 Å². The molecule has 2 amide bonds. The van der Waals surface area contributed by atoms with Crippen LogP contribution in [0.2, 0.25) is 0 Å². The maximum atomic E-state index is 11.2.